The van der Waals surface area contributed by atoms with Crippen LogP contribution in [0.1, 0.15) is 18.9 Å². The van der Waals surface area contributed by atoms with Crippen molar-refractivity contribution in [3.63, 3.8) is 0 Å². The van der Waals surface area contributed by atoms with Crippen LogP contribution in [0.5, 0.6) is 0 Å². The number of halogens is 2. The lowest BCUT2D eigenvalue weighted by atomic mass is 10.1. The maximum Gasteiger partial charge on any atom is 0.191 e. The Morgan fingerprint density at radius 3 is 2.39 bits per heavy atom. The molecule has 2 rings (SSSR count). The fourth-order valence-electron chi connectivity index (χ4n) is 2.57. The SMILES string of the molecule is CCNC(=NCCCc1ccccc1)NCCS(=O)(=O)c1ccccc1F.I. The molecule has 0 radical (unpaired) electrons. The standard InChI is InChI=1S/C20H26FN3O2S.HI/c1-2-22-20(23-14-8-11-17-9-4-3-5-10-17)24-15-16-27(25,26)19-13-7-6-12-18(19)21;/h3-7,9-10,12-13H,2,8,11,14-16H2,1H3,(H2,22,23,24);1H. The van der Waals surface area contributed by atoms with Crippen molar-refractivity contribution in [3.8, 4) is 0 Å². The number of hydrogen-bond donors (Lipinski definition) is 2. The number of sulfone groups is 1. The molecule has 0 aliphatic rings. The summed E-state index contributed by atoms with van der Waals surface area (Å²) in [6.45, 7) is 3.40. The Hall–Kier alpha value is -1.68. The van der Waals surface area contributed by atoms with Gasteiger partial charge in [-0.1, -0.05) is 42.5 Å². The van der Waals surface area contributed by atoms with Crippen LogP contribution in [0.2, 0.25) is 0 Å². The Labute approximate surface area is 183 Å². The summed E-state index contributed by atoms with van der Waals surface area (Å²) in [6, 6.07) is 15.6. The topological polar surface area (TPSA) is 70.6 Å². The summed E-state index contributed by atoms with van der Waals surface area (Å²) >= 11 is 0. The first kappa shape index (κ1) is 24.4. The number of aliphatic imine (C=N–C) groups is 1. The second-order valence-corrected chi connectivity index (χ2v) is 8.10. The third kappa shape index (κ3) is 8.14. The molecule has 2 aromatic carbocycles. The average Bonchev–Trinajstić information content (AvgIpc) is 2.66. The fraction of sp³-hybridized carbons (Fsp3) is 0.350. The molecule has 0 fully saturated rings. The van der Waals surface area contributed by atoms with E-state index in [1.165, 1.54) is 23.8 Å². The van der Waals surface area contributed by atoms with Gasteiger partial charge >= 0.3 is 0 Å². The lowest BCUT2D eigenvalue weighted by Gasteiger charge is -2.12. The first-order chi connectivity index (χ1) is 13.0. The number of guanidine groups is 1. The van der Waals surface area contributed by atoms with Crippen LogP contribution in [0.15, 0.2) is 64.5 Å². The van der Waals surface area contributed by atoms with E-state index >= 15 is 0 Å². The summed E-state index contributed by atoms with van der Waals surface area (Å²) in [5, 5.41) is 6.09. The molecule has 8 heteroatoms. The van der Waals surface area contributed by atoms with Gasteiger partial charge in [-0.3, -0.25) is 4.99 Å². The fourth-order valence-corrected chi connectivity index (χ4v) is 3.81. The van der Waals surface area contributed by atoms with Crippen molar-refractivity contribution in [2.24, 2.45) is 4.99 Å². The summed E-state index contributed by atoms with van der Waals surface area (Å²) in [7, 11) is -3.68. The van der Waals surface area contributed by atoms with Crippen molar-refractivity contribution in [1.82, 2.24) is 10.6 Å². The molecule has 0 aliphatic heterocycles. The monoisotopic (exact) mass is 519 g/mol. The van der Waals surface area contributed by atoms with Gasteiger partial charge in [0, 0.05) is 19.6 Å². The number of aryl methyl sites for hydroxylation is 1. The van der Waals surface area contributed by atoms with E-state index in [0.29, 0.717) is 19.0 Å². The van der Waals surface area contributed by atoms with Gasteiger partial charge < -0.3 is 10.6 Å². The second kappa shape index (κ2) is 12.7. The molecule has 0 atom stereocenters. The minimum Gasteiger partial charge on any atom is -0.357 e. The molecule has 5 nitrogen and oxygen atoms in total. The van der Waals surface area contributed by atoms with Crippen LogP contribution in [-0.2, 0) is 16.3 Å². The van der Waals surface area contributed by atoms with E-state index in [-0.39, 0.29) is 41.2 Å². The highest BCUT2D eigenvalue weighted by molar-refractivity contribution is 14.0. The number of hydrogen-bond acceptors (Lipinski definition) is 3. The summed E-state index contributed by atoms with van der Waals surface area (Å²) in [6.07, 6.45) is 1.83. The highest BCUT2D eigenvalue weighted by Crippen LogP contribution is 2.14. The third-order valence-electron chi connectivity index (χ3n) is 3.92. The van der Waals surface area contributed by atoms with E-state index in [1.54, 1.807) is 0 Å². The molecule has 0 aromatic heterocycles. The van der Waals surface area contributed by atoms with Crippen LogP contribution in [-0.4, -0.2) is 39.8 Å². The molecule has 0 spiro atoms. The Kier molecular flexibility index (Phi) is 11.1. The number of rotatable bonds is 9. The number of nitrogens with zero attached hydrogens (tertiary/aromatic N) is 1. The maximum absolute atomic E-state index is 13.7. The molecular weight excluding hydrogens is 492 g/mol. The Morgan fingerprint density at radius 1 is 1.04 bits per heavy atom. The Morgan fingerprint density at radius 2 is 1.71 bits per heavy atom. The Bertz CT molecular complexity index is 846. The van der Waals surface area contributed by atoms with Crippen LogP contribution < -0.4 is 10.6 Å². The van der Waals surface area contributed by atoms with Crippen LogP contribution in [0, 0.1) is 5.82 Å². The predicted molar refractivity (Wildman–Crippen MR) is 123 cm³/mol. The van der Waals surface area contributed by atoms with Crippen molar-refractivity contribution < 1.29 is 12.8 Å². The van der Waals surface area contributed by atoms with Gasteiger partial charge in [0.05, 0.1) is 5.75 Å². The average molecular weight is 519 g/mol. The van der Waals surface area contributed by atoms with Gasteiger partial charge in [-0.05, 0) is 37.5 Å². The third-order valence-corrected chi connectivity index (χ3v) is 5.66. The minimum atomic E-state index is -3.68. The van der Waals surface area contributed by atoms with Crippen LogP contribution in [0.4, 0.5) is 4.39 Å². The molecule has 0 saturated carbocycles. The number of benzene rings is 2. The van der Waals surface area contributed by atoms with Gasteiger partial charge in [0.2, 0.25) is 0 Å². The molecule has 0 amide bonds. The van der Waals surface area contributed by atoms with Gasteiger partial charge in [-0.2, -0.15) is 0 Å². The van der Waals surface area contributed by atoms with Gasteiger partial charge in [-0.25, -0.2) is 12.8 Å². The van der Waals surface area contributed by atoms with Crippen molar-refractivity contribution in [1.29, 1.82) is 0 Å². The minimum absolute atomic E-state index is 0. The first-order valence-electron chi connectivity index (χ1n) is 9.06. The molecule has 0 aliphatic carbocycles. The second-order valence-electron chi connectivity index (χ2n) is 6.03. The molecule has 2 N–H and O–H groups in total. The predicted octanol–water partition coefficient (Wildman–Crippen LogP) is 3.41. The van der Waals surface area contributed by atoms with Crippen molar-refractivity contribution in [2.45, 2.75) is 24.7 Å². The summed E-state index contributed by atoms with van der Waals surface area (Å²) in [5.41, 5.74) is 1.27. The van der Waals surface area contributed by atoms with Crippen LogP contribution in [0.3, 0.4) is 0 Å². The van der Waals surface area contributed by atoms with Gasteiger partial charge in [0.25, 0.3) is 0 Å². The molecule has 0 unspecified atom stereocenters. The molecule has 0 saturated heterocycles. The zero-order chi connectivity index (χ0) is 19.5. The van der Waals surface area contributed by atoms with Gasteiger partial charge in [0.1, 0.15) is 10.7 Å². The van der Waals surface area contributed by atoms with E-state index in [1.807, 2.05) is 25.1 Å². The lowest BCUT2D eigenvalue weighted by molar-refractivity contribution is 0.566. The van der Waals surface area contributed by atoms with Crippen molar-refractivity contribution >= 4 is 39.8 Å². The smallest absolute Gasteiger partial charge is 0.191 e. The van der Waals surface area contributed by atoms with E-state index in [4.69, 9.17) is 0 Å². The Balaban J connectivity index is 0.00000392. The zero-order valence-electron chi connectivity index (χ0n) is 15.9. The number of nitrogens with one attached hydrogen (secondary N) is 2. The van der Waals surface area contributed by atoms with Crippen molar-refractivity contribution in [2.75, 3.05) is 25.4 Å². The van der Waals surface area contributed by atoms with E-state index in [9.17, 15) is 12.8 Å². The summed E-state index contributed by atoms with van der Waals surface area (Å²) in [5.74, 6) is -0.365. The molecular formula is C20H27FIN3O2S. The molecule has 0 heterocycles. The largest absolute Gasteiger partial charge is 0.357 e. The molecule has 2 aromatic rings. The molecule has 154 valence electrons. The van der Waals surface area contributed by atoms with E-state index < -0.39 is 15.7 Å². The summed E-state index contributed by atoms with van der Waals surface area (Å²) < 4.78 is 38.2. The van der Waals surface area contributed by atoms with Crippen molar-refractivity contribution in [3.05, 3.63) is 66.0 Å². The molecule has 0 bridgehead atoms. The zero-order valence-corrected chi connectivity index (χ0v) is 19.0. The first-order valence-corrected chi connectivity index (χ1v) is 10.7. The van der Waals surface area contributed by atoms with Crippen LogP contribution >= 0.6 is 24.0 Å². The lowest BCUT2D eigenvalue weighted by Crippen LogP contribution is -2.39. The van der Waals surface area contributed by atoms with Crippen LogP contribution in [0.25, 0.3) is 0 Å². The van der Waals surface area contributed by atoms with Gasteiger partial charge in [0.15, 0.2) is 15.8 Å². The maximum atomic E-state index is 13.7. The van der Waals surface area contributed by atoms with Gasteiger partial charge in [-0.15, -0.1) is 24.0 Å². The normalized spacial score (nSPS) is 11.6. The highest BCUT2D eigenvalue weighted by atomic mass is 127. The highest BCUT2D eigenvalue weighted by Gasteiger charge is 2.18. The molecule has 28 heavy (non-hydrogen) atoms. The summed E-state index contributed by atoms with van der Waals surface area (Å²) in [4.78, 5) is 4.20. The van der Waals surface area contributed by atoms with E-state index in [0.717, 1.165) is 18.9 Å². The van der Waals surface area contributed by atoms with E-state index in [2.05, 4.69) is 27.8 Å². The quantitative estimate of drug-likeness (QED) is 0.231.